The average molecular weight is 358 g/mol. The van der Waals surface area contributed by atoms with Crippen molar-refractivity contribution >= 4 is 17.7 Å². The fourth-order valence-corrected chi connectivity index (χ4v) is 3.92. The molecule has 0 N–H and O–H groups in total. The predicted molar refractivity (Wildman–Crippen MR) is 96.5 cm³/mol. The average Bonchev–Trinajstić information content (AvgIpc) is 2.97. The van der Waals surface area contributed by atoms with Crippen LogP contribution in [0.5, 0.6) is 0 Å². The molecule has 6 heteroatoms. The van der Waals surface area contributed by atoms with E-state index in [1.165, 1.54) is 11.8 Å². The lowest BCUT2D eigenvalue weighted by Gasteiger charge is -2.17. The molecule has 25 heavy (non-hydrogen) atoms. The number of aryl methyl sites for hydroxylation is 2. The summed E-state index contributed by atoms with van der Waals surface area (Å²) < 4.78 is 10.7. The van der Waals surface area contributed by atoms with Crippen LogP contribution >= 0.6 is 11.8 Å². The minimum absolute atomic E-state index is 0.302. The number of rotatable bonds is 6. The molecular formula is C19H22N2O3S. The van der Waals surface area contributed by atoms with E-state index in [-0.39, 0.29) is 5.97 Å². The van der Waals surface area contributed by atoms with E-state index in [2.05, 4.69) is 22.3 Å². The second-order valence-electron chi connectivity index (χ2n) is 6.20. The van der Waals surface area contributed by atoms with Gasteiger partial charge in [-0.05, 0) is 51.2 Å². The van der Waals surface area contributed by atoms with E-state index in [0.717, 1.165) is 36.3 Å². The highest BCUT2D eigenvalue weighted by molar-refractivity contribution is 7.98. The molecule has 0 aliphatic heterocycles. The molecule has 1 atom stereocenters. The van der Waals surface area contributed by atoms with Gasteiger partial charge in [-0.2, -0.15) is 0 Å². The van der Waals surface area contributed by atoms with Crippen molar-refractivity contribution in [1.29, 1.82) is 0 Å². The highest BCUT2D eigenvalue weighted by atomic mass is 32.2. The van der Waals surface area contributed by atoms with Crippen molar-refractivity contribution in [2.75, 3.05) is 6.61 Å². The molecule has 0 aromatic carbocycles. The topological polar surface area (TPSA) is 65.2 Å². The monoisotopic (exact) mass is 358 g/mol. The van der Waals surface area contributed by atoms with Crippen LogP contribution in [0.3, 0.4) is 0 Å². The van der Waals surface area contributed by atoms with Crippen LogP contribution in [0, 0.1) is 19.8 Å². The maximum absolute atomic E-state index is 12.5. The Morgan fingerprint density at radius 2 is 2.28 bits per heavy atom. The molecule has 5 nitrogen and oxygen atoms in total. The summed E-state index contributed by atoms with van der Waals surface area (Å²) in [4.78, 5) is 16.8. The lowest BCUT2D eigenvalue weighted by Crippen LogP contribution is -2.16. The Morgan fingerprint density at radius 1 is 1.40 bits per heavy atom. The lowest BCUT2D eigenvalue weighted by atomic mass is 9.95. The summed E-state index contributed by atoms with van der Waals surface area (Å²) in [5, 5.41) is 4.64. The van der Waals surface area contributed by atoms with Gasteiger partial charge in [-0.25, -0.2) is 9.78 Å². The van der Waals surface area contributed by atoms with E-state index in [1.54, 1.807) is 18.3 Å². The summed E-state index contributed by atoms with van der Waals surface area (Å²) in [6.45, 7) is 4.27. The number of thioether (sulfide) groups is 1. The smallest absolute Gasteiger partial charge is 0.340 e. The number of ether oxygens (including phenoxy) is 1. The van der Waals surface area contributed by atoms with E-state index in [0.29, 0.717) is 28.9 Å². The molecule has 1 aliphatic rings. The summed E-state index contributed by atoms with van der Waals surface area (Å²) in [5.74, 6) is 1.58. The maximum atomic E-state index is 12.5. The number of esters is 1. The Morgan fingerprint density at radius 3 is 3.00 bits per heavy atom. The molecule has 0 spiro atoms. The molecule has 3 rings (SSSR count). The summed E-state index contributed by atoms with van der Waals surface area (Å²) in [6, 6.07) is 3.53. The molecule has 0 radical (unpaired) electrons. The van der Waals surface area contributed by atoms with Crippen molar-refractivity contribution in [2.45, 2.75) is 43.9 Å². The van der Waals surface area contributed by atoms with Crippen molar-refractivity contribution in [1.82, 2.24) is 10.1 Å². The van der Waals surface area contributed by atoms with Gasteiger partial charge in [-0.15, -0.1) is 11.8 Å². The number of carbonyl (C=O) groups is 1. The van der Waals surface area contributed by atoms with Gasteiger partial charge in [0.2, 0.25) is 0 Å². The molecule has 2 heterocycles. The van der Waals surface area contributed by atoms with Crippen LogP contribution in [0.2, 0.25) is 0 Å². The maximum Gasteiger partial charge on any atom is 0.340 e. The van der Waals surface area contributed by atoms with Crippen LogP contribution in [0.4, 0.5) is 0 Å². The Kier molecular flexibility index (Phi) is 5.91. The predicted octanol–water partition coefficient (Wildman–Crippen LogP) is 4.49. The first-order valence-corrected chi connectivity index (χ1v) is 9.45. The second kappa shape index (κ2) is 8.34. The van der Waals surface area contributed by atoms with Gasteiger partial charge in [0.05, 0.1) is 17.9 Å². The van der Waals surface area contributed by atoms with Crippen LogP contribution < -0.4 is 0 Å². The Balaban J connectivity index is 1.63. The number of aromatic nitrogens is 2. The van der Waals surface area contributed by atoms with Crippen molar-refractivity contribution in [2.24, 2.45) is 5.92 Å². The van der Waals surface area contributed by atoms with E-state index in [9.17, 15) is 4.79 Å². The number of hydrogen-bond donors (Lipinski definition) is 0. The Labute approximate surface area is 151 Å². The van der Waals surface area contributed by atoms with Crippen molar-refractivity contribution in [3.05, 3.63) is 53.1 Å². The number of nitrogens with zero attached hydrogens (tertiary/aromatic N) is 2. The molecule has 0 amide bonds. The van der Waals surface area contributed by atoms with Gasteiger partial charge < -0.3 is 9.26 Å². The highest BCUT2D eigenvalue weighted by Gasteiger charge is 2.18. The molecule has 0 saturated carbocycles. The molecular weight excluding hydrogens is 336 g/mol. The number of hydrogen-bond acceptors (Lipinski definition) is 6. The first kappa shape index (κ1) is 17.7. The largest absolute Gasteiger partial charge is 0.462 e. The number of allylic oxidation sites excluding steroid dienone is 2. The zero-order valence-electron chi connectivity index (χ0n) is 14.5. The molecule has 2 aromatic heterocycles. The Hall–Kier alpha value is -2.08. The standard InChI is InChI=1S/C19H22N2O3S/c1-13-17(14(2)24-21-13)12-25-18-16(9-6-10-20-18)19(22)23-11-15-7-4-3-5-8-15/h3-4,6,9-10,15H,5,7-8,11-12H2,1-2H3. The van der Waals surface area contributed by atoms with Gasteiger partial charge in [0.15, 0.2) is 0 Å². The van der Waals surface area contributed by atoms with E-state index in [4.69, 9.17) is 9.26 Å². The molecule has 0 saturated heterocycles. The summed E-state index contributed by atoms with van der Waals surface area (Å²) in [6.07, 6.45) is 9.16. The molecule has 132 valence electrons. The molecule has 0 bridgehead atoms. The normalized spacial score (nSPS) is 16.8. The summed E-state index contributed by atoms with van der Waals surface area (Å²) in [7, 11) is 0. The zero-order valence-corrected chi connectivity index (χ0v) is 15.3. The lowest BCUT2D eigenvalue weighted by molar-refractivity contribution is 0.0427. The van der Waals surface area contributed by atoms with Gasteiger partial charge in [-0.3, -0.25) is 0 Å². The quantitative estimate of drug-likeness (QED) is 0.430. The molecule has 1 aliphatic carbocycles. The molecule has 0 fully saturated rings. The third kappa shape index (κ3) is 4.51. The fraction of sp³-hybridized carbons (Fsp3) is 0.421. The van der Waals surface area contributed by atoms with Crippen molar-refractivity contribution in [3.63, 3.8) is 0 Å². The van der Waals surface area contributed by atoms with Gasteiger partial charge in [0.25, 0.3) is 0 Å². The Bertz CT molecular complexity index is 750. The van der Waals surface area contributed by atoms with E-state index in [1.807, 2.05) is 13.8 Å². The van der Waals surface area contributed by atoms with Crippen molar-refractivity contribution in [3.8, 4) is 0 Å². The van der Waals surface area contributed by atoms with Gasteiger partial charge >= 0.3 is 5.97 Å². The minimum Gasteiger partial charge on any atom is -0.462 e. The molecule has 2 aromatic rings. The summed E-state index contributed by atoms with van der Waals surface area (Å²) >= 11 is 1.50. The summed E-state index contributed by atoms with van der Waals surface area (Å²) in [5.41, 5.74) is 2.44. The van der Waals surface area contributed by atoms with E-state index >= 15 is 0 Å². The highest BCUT2D eigenvalue weighted by Crippen LogP contribution is 2.28. The van der Waals surface area contributed by atoms with Gasteiger partial charge in [0, 0.05) is 17.5 Å². The van der Waals surface area contributed by atoms with Crippen LogP contribution in [-0.2, 0) is 10.5 Å². The number of pyridine rings is 1. The third-order valence-corrected chi connectivity index (χ3v) is 5.39. The van der Waals surface area contributed by atoms with Gasteiger partial charge in [0.1, 0.15) is 10.8 Å². The van der Waals surface area contributed by atoms with Crippen LogP contribution in [0.15, 0.2) is 40.0 Å². The fourth-order valence-electron chi connectivity index (χ4n) is 2.79. The minimum atomic E-state index is -0.302. The zero-order chi connectivity index (χ0) is 17.6. The van der Waals surface area contributed by atoms with Crippen LogP contribution in [-0.4, -0.2) is 22.7 Å². The first-order valence-electron chi connectivity index (χ1n) is 8.47. The second-order valence-corrected chi connectivity index (χ2v) is 7.16. The van der Waals surface area contributed by atoms with Crippen LogP contribution in [0.1, 0.15) is 46.6 Å². The SMILES string of the molecule is Cc1noc(C)c1CSc1ncccc1C(=O)OCC1CC=CCC1. The number of carbonyl (C=O) groups excluding carboxylic acids is 1. The molecule has 1 unspecified atom stereocenters. The van der Waals surface area contributed by atoms with E-state index < -0.39 is 0 Å². The third-order valence-electron chi connectivity index (χ3n) is 4.35. The van der Waals surface area contributed by atoms with Gasteiger partial charge in [-0.1, -0.05) is 17.3 Å². The van der Waals surface area contributed by atoms with Crippen molar-refractivity contribution < 1.29 is 14.1 Å². The van der Waals surface area contributed by atoms with Crippen LogP contribution in [0.25, 0.3) is 0 Å². The first-order chi connectivity index (χ1) is 12.1.